The summed E-state index contributed by atoms with van der Waals surface area (Å²) in [4.78, 5) is 0. The second-order valence-electron chi connectivity index (χ2n) is 4.01. The van der Waals surface area contributed by atoms with Crippen LogP contribution < -0.4 is 0 Å². The molecule has 1 atom stereocenters. The Hall–Kier alpha value is -1.31. The lowest BCUT2D eigenvalue weighted by atomic mass is 9.98. The summed E-state index contributed by atoms with van der Waals surface area (Å²) >= 11 is 0. The Balaban J connectivity index is 2.25. The van der Waals surface area contributed by atoms with Gasteiger partial charge in [-0.1, -0.05) is 32.4 Å². The van der Waals surface area contributed by atoms with Gasteiger partial charge in [-0.05, 0) is 24.0 Å². The summed E-state index contributed by atoms with van der Waals surface area (Å²) in [5, 5.41) is 8.21. The van der Waals surface area contributed by atoms with Crippen LogP contribution in [0, 0.1) is 5.92 Å². The fourth-order valence-electron chi connectivity index (χ4n) is 1.66. The molecule has 2 heteroatoms. The van der Waals surface area contributed by atoms with Gasteiger partial charge < -0.3 is 0 Å². The predicted molar refractivity (Wildman–Crippen MR) is 59.3 cm³/mol. The lowest BCUT2D eigenvalue weighted by Gasteiger charge is -2.07. The van der Waals surface area contributed by atoms with E-state index >= 15 is 0 Å². The van der Waals surface area contributed by atoms with Crippen LogP contribution in [0.1, 0.15) is 25.8 Å². The number of hydrogen-bond donors (Lipinski definition) is 1. The summed E-state index contributed by atoms with van der Waals surface area (Å²) in [6, 6.07) is 6.54. The minimum atomic E-state index is 0.760. The Morgan fingerprint density at radius 2 is 2.29 bits per heavy atom. The summed E-state index contributed by atoms with van der Waals surface area (Å²) in [5.41, 5.74) is 2.54. The number of aromatic amines is 1. The molecule has 0 amide bonds. The third kappa shape index (κ3) is 1.79. The minimum absolute atomic E-state index is 0.760. The molecule has 1 aromatic carbocycles. The Kier molecular flexibility index (Phi) is 2.53. The van der Waals surface area contributed by atoms with E-state index in [2.05, 4.69) is 42.2 Å². The van der Waals surface area contributed by atoms with E-state index in [1.54, 1.807) is 0 Å². The highest BCUT2D eigenvalue weighted by Crippen LogP contribution is 2.16. The SMILES string of the molecule is CCC(C)Cc1ccc2cn[nH]c2c1. The first-order chi connectivity index (χ1) is 6.79. The van der Waals surface area contributed by atoms with Gasteiger partial charge in [-0.3, -0.25) is 5.10 Å². The number of hydrogen-bond acceptors (Lipinski definition) is 1. The van der Waals surface area contributed by atoms with Gasteiger partial charge in [-0.15, -0.1) is 0 Å². The third-order valence-electron chi connectivity index (χ3n) is 2.79. The van der Waals surface area contributed by atoms with Crippen molar-refractivity contribution in [1.82, 2.24) is 10.2 Å². The van der Waals surface area contributed by atoms with E-state index in [1.807, 2.05) is 6.20 Å². The number of aromatic nitrogens is 2. The zero-order valence-electron chi connectivity index (χ0n) is 8.75. The van der Waals surface area contributed by atoms with Gasteiger partial charge >= 0.3 is 0 Å². The summed E-state index contributed by atoms with van der Waals surface area (Å²) in [6.07, 6.45) is 4.26. The van der Waals surface area contributed by atoms with Crippen molar-refractivity contribution in [2.24, 2.45) is 5.92 Å². The lowest BCUT2D eigenvalue weighted by Crippen LogP contribution is -1.97. The predicted octanol–water partition coefficient (Wildman–Crippen LogP) is 3.15. The van der Waals surface area contributed by atoms with Crippen molar-refractivity contribution in [3.05, 3.63) is 30.0 Å². The van der Waals surface area contributed by atoms with Gasteiger partial charge in [0.1, 0.15) is 0 Å². The molecule has 0 aliphatic rings. The highest BCUT2D eigenvalue weighted by atomic mass is 15.1. The zero-order chi connectivity index (χ0) is 9.97. The minimum Gasteiger partial charge on any atom is -0.278 e. The van der Waals surface area contributed by atoms with E-state index in [1.165, 1.54) is 17.4 Å². The second-order valence-corrected chi connectivity index (χ2v) is 4.01. The molecule has 0 aliphatic carbocycles. The average molecular weight is 188 g/mol. The number of nitrogens with one attached hydrogen (secondary N) is 1. The maximum Gasteiger partial charge on any atom is 0.0653 e. The van der Waals surface area contributed by atoms with Gasteiger partial charge in [-0.25, -0.2) is 0 Å². The van der Waals surface area contributed by atoms with E-state index in [0.717, 1.165) is 17.9 Å². The van der Waals surface area contributed by atoms with Crippen molar-refractivity contribution in [1.29, 1.82) is 0 Å². The molecule has 1 N–H and O–H groups in total. The van der Waals surface area contributed by atoms with Crippen molar-refractivity contribution in [2.75, 3.05) is 0 Å². The molecule has 1 heterocycles. The molecule has 0 bridgehead atoms. The van der Waals surface area contributed by atoms with Gasteiger partial charge in [0.2, 0.25) is 0 Å². The number of fused-ring (bicyclic) bond motifs is 1. The Labute approximate surface area is 84.3 Å². The second kappa shape index (κ2) is 3.82. The molecular weight excluding hydrogens is 172 g/mol. The van der Waals surface area contributed by atoms with Crippen LogP contribution in [0.3, 0.4) is 0 Å². The largest absolute Gasteiger partial charge is 0.278 e. The van der Waals surface area contributed by atoms with Crippen LogP contribution in [0.5, 0.6) is 0 Å². The van der Waals surface area contributed by atoms with Crippen molar-refractivity contribution in [2.45, 2.75) is 26.7 Å². The third-order valence-corrected chi connectivity index (χ3v) is 2.79. The standard InChI is InChI=1S/C12H16N2/c1-3-9(2)6-10-4-5-11-8-13-14-12(11)7-10/h4-5,7-9H,3,6H2,1-2H3,(H,13,14). The lowest BCUT2D eigenvalue weighted by molar-refractivity contribution is 0.560. The zero-order valence-corrected chi connectivity index (χ0v) is 8.75. The summed E-state index contributed by atoms with van der Waals surface area (Å²) < 4.78 is 0. The van der Waals surface area contributed by atoms with Gasteiger partial charge in [0, 0.05) is 5.39 Å². The molecule has 74 valence electrons. The molecule has 2 nitrogen and oxygen atoms in total. The highest BCUT2D eigenvalue weighted by Gasteiger charge is 2.02. The first-order valence-electron chi connectivity index (χ1n) is 5.21. The molecule has 0 saturated carbocycles. The number of rotatable bonds is 3. The molecule has 14 heavy (non-hydrogen) atoms. The molecule has 2 aromatic rings. The molecule has 0 saturated heterocycles. The normalized spacial score (nSPS) is 13.3. The molecule has 0 fully saturated rings. The monoisotopic (exact) mass is 188 g/mol. The number of nitrogens with zero attached hydrogens (tertiary/aromatic N) is 1. The van der Waals surface area contributed by atoms with Crippen LogP contribution in [-0.2, 0) is 6.42 Å². The number of benzene rings is 1. The Bertz CT molecular complexity index is 417. The van der Waals surface area contributed by atoms with Crippen LogP contribution in [0.2, 0.25) is 0 Å². The first kappa shape index (κ1) is 9.25. The summed E-state index contributed by atoms with van der Waals surface area (Å²) in [6.45, 7) is 4.52. The van der Waals surface area contributed by atoms with Gasteiger partial charge in [-0.2, -0.15) is 5.10 Å². The van der Waals surface area contributed by atoms with Crippen molar-refractivity contribution < 1.29 is 0 Å². The van der Waals surface area contributed by atoms with Crippen molar-refractivity contribution >= 4 is 10.9 Å². The first-order valence-corrected chi connectivity index (χ1v) is 5.21. The summed E-state index contributed by atoms with van der Waals surface area (Å²) in [7, 11) is 0. The fraction of sp³-hybridized carbons (Fsp3) is 0.417. The average Bonchev–Trinajstić information content (AvgIpc) is 2.64. The maximum absolute atomic E-state index is 4.02. The van der Waals surface area contributed by atoms with Crippen molar-refractivity contribution in [3.63, 3.8) is 0 Å². The molecule has 0 radical (unpaired) electrons. The molecule has 2 rings (SSSR count). The quantitative estimate of drug-likeness (QED) is 0.787. The number of H-pyrrole nitrogens is 1. The Morgan fingerprint density at radius 1 is 1.43 bits per heavy atom. The van der Waals surface area contributed by atoms with Crippen LogP contribution in [0.15, 0.2) is 24.4 Å². The van der Waals surface area contributed by atoms with Gasteiger partial charge in [0.05, 0.1) is 11.7 Å². The van der Waals surface area contributed by atoms with E-state index < -0.39 is 0 Å². The molecule has 1 aromatic heterocycles. The Morgan fingerprint density at radius 3 is 3.07 bits per heavy atom. The van der Waals surface area contributed by atoms with E-state index in [9.17, 15) is 0 Å². The molecule has 1 unspecified atom stereocenters. The highest BCUT2D eigenvalue weighted by molar-refractivity contribution is 5.78. The molecule has 0 aliphatic heterocycles. The fourth-order valence-corrected chi connectivity index (χ4v) is 1.66. The molecular formula is C12H16N2. The van der Waals surface area contributed by atoms with Crippen LogP contribution >= 0.6 is 0 Å². The molecule has 0 spiro atoms. The van der Waals surface area contributed by atoms with Crippen LogP contribution in [0.4, 0.5) is 0 Å². The van der Waals surface area contributed by atoms with Gasteiger partial charge in [0.15, 0.2) is 0 Å². The smallest absolute Gasteiger partial charge is 0.0653 e. The summed E-state index contributed by atoms with van der Waals surface area (Å²) in [5.74, 6) is 0.760. The van der Waals surface area contributed by atoms with Crippen LogP contribution in [-0.4, -0.2) is 10.2 Å². The topological polar surface area (TPSA) is 28.7 Å². The van der Waals surface area contributed by atoms with Gasteiger partial charge in [0.25, 0.3) is 0 Å². The van der Waals surface area contributed by atoms with E-state index in [4.69, 9.17) is 0 Å². The maximum atomic E-state index is 4.02. The van der Waals surface area contributed by atoms with E-state index in [0.29, 0.717) is 0 Å². The van der Waals surface area contributed by atoms with Crippen molar-refractivity contribution in [3.8, 4) is 0 Å². The van der Waals surface area contributed by atoms with Crippen LogP contribution in [0.25, 0.3) is 10.9 Å². The van der Waals surface area contributed by atoms with E-state index in [-0.39, 0.29) is 0 Å².